The van der Waals surface area contributed by atoms with E-state index < -0.39 is 0 Å². The average molecular weight is 434 g/mol. The lowest BCUT2D eigenvalue weighted by molar-refractivity contribution is -0.121. The average Bonchev–Trinajstić information content (AvgIpc) is 3.05. The predicted molar refractivity (Wildman–Crippen MR) is 116 cm³/mol. The van der Waals surface area contributed by atoms with Gasteiger partial charge in [0.2, 0.25) is 5.91 Å². The molecule has 3 aromatic rings. The number of rotatable bonds is 7. The Kier molecular flexibility index (Phi) is 6.75. The van der Waals surface area contributed by atoms with E-state index in [1.54, 1.807) is 22.7 Å². The normalized spacial score (nSPS) is 11.4. The summed E-state index contributed by atoms with van der Waals surface area (Å²) in [4.78, 5) is 21.3. The molecule has 0 saturated heterocycles. The number of carbonyl (C=O) groups is 1. The minimum Gasteiger partial charge on any atom is -0.356 e. The third-order valence-corrected chi connectivity index (χ3v) is 5.41. The molecule has 0 aliphatic rings. The fourth-order valence-electron chi connectivity index (χ4n) is 3.18. The van der Waals surface area contributed by atoms with Crippen LogP contribution in [-0.4, -0.2) is 32.0 Å². The van der Waals surface area contributed by atoms with Gasteiger partial charge >= 0.3 is 0 Å². The Hall–Kier alpha value is -2.18. The van der Waals surface area contributed by atoms with Crippen LogP contribution in [0.1, 0.15) is 43.6 Å². The highest BCUT2D eigenvalue weighted by Gasteiger charge is 2.17. The van der Waals surface area contributed by atoms with Gasteiger partial charge in [-0.1, -0.05) is 37.0 Å². The molecule has 1 aromatic carbocycles. The zero-order valence-corrected chi connectivity index (χ0v) is 18.6. The zero-order valence-electron chi connectivity index (χ0n) is 17.1. The van der Waals surface area contributed by atoms with Crippen molar-refractivity contribution in [1.29, 1.82) is 0 Å². The van der Waals surface area contributed by atoms with Crippen LogP contribution in [0, 0.1) is 19.8 Å². The van der Waals surface area contributed by atoms with Crippen LogP contribution in [0.25, 0.3) is 17.2 Å². The molecule has 154 valence electrons. The van der Waals surface area contributed by atoms with Gasteiger partial charge in [0.25, 0.3) is 5.78 Å². The van der Waals surface area contributed by atoms with Crippen LogP contribution in [0.15, 0.2) is 18.2 Å². The molecule has 0 aliphatic heterocycles. The quantitative estimate of drug-likeness (QED) is 0.579. The summed E-state index contributed by atoms with van der Waals surface area (Å²) in [5.41, 5.74) is 3.48. The lowest BCUT2D eigenvalue weighted by Crippen LogP contribution is -2.25. The second kappa shape index (κ2) is 9.09. The van der Waals surface area contributed by atoms with E-state index in [9.17, 15) is 4.79 Å². The molecule has 1 amide bonds. The molecule has 0 fully saturated rings. The maximum absolute atomic E-state index is 12.1. The van der Waals surface area contributed by atoms with Gasteiger partial charge < -0.3 is 5.32 Å². The van der Waals surface area contributed by atoms with E-state index in [1.807, 2.05) is 13.8 Å². The fraction of sp³-hybridized carbons (Fsp3) is 0.429. The summed E-state index contributed by atoms with van der Waals surface area (Å²) in [6.45, 7) is 8.89. The molecular weight excluding hydrogens is 409 g/mol. The third-order valence-electron chi connectivity index (χ3n) is 4.87. The molecule has 6 nitrogen and oxygen atoms in total. The van der Waals surface area contributed by atoms with Crippen molar-refractivity contribution in [1.82, 2.24) is 24.9 Å². The number of aromatic nitrogens is 4. The van der Waals surface area contributed by atoms with Gasteiger partial charge in [0.1, 0.15) is 0 Å². The lowest BCUT2D eigenvalue weighted by Gasteiger charge is -2.11. The number of hydrogen-bond acceptors (Lipinski definition) is 4. The first kappa shape index (κ1) is 21.5. The van der Waals surface area contributed by atoms with E-state index in [0.29, 0.717) is 52.5 Å². The number of halogens is 2. The first-order valence-electron chi connectivity index (χ1n) is 9.71. The Labute approximate surface area is 180 Å². The zero-order chi connectivity index (χ0) is 21.1. The van der Waals surface area contributed by atoms with E-state index in [1.165, 1.54) is 0 Å². The molecule has 0 unspecified atom stereocenters. The van der Waals surface area contributed by atoms with Crippen LogP contribution in [-0.2, 0) is 11.2 Å². The summed E-state index contributed by atoms with van der Waals surface area (Å²) in [7, 11) is 0. The Balaban J connectivity index is 1.82. The summed E-state index contributed by atoms with van der Waals surface area (Å²) in [6, 6.07) is 5.21. The van der Waals surface area contributed by atoms with Crippen molar-refractivity contribution in [2.24, 2.45) is 5.92 Å². The maximum atomic E-state index is 12.1. The summed E-state index contributed by atoms with van der Waals surface area (Å²) in [6.07, 6.45) is 1.99. The van der Waals surface area contributed by atoms with Gasteiger partial charge in [-0.25, -0.2) is 9.50 Å². The van der Waals surface area contributed by atoms with Crippen molar-refractivity contribution in [3.63, 3.8) is 0 Å². The largest absolute Gasteiger partial charge is 0.356 e. The van der Waals surface area contributed by atoms with Crippen LogP contribution in [0.4, 0.5) is 0 Å². The molecular formula is C21H25Cl2N5O. The molecule has 2 heterocycles. The molecule has 0 aliphatic carbocycles. The van der Waals surface area contributed by atoms with E-state index in [2.05, 4.69) is 34.2 Å². The minimum absolute atomic E-state index is 0.0526. The molecule has 0 spiro atoms. The topological polar surface area (TPSA) is 72.2 Å². The fourth-order valence-corrected chi connectivity index (χ4v) is 3.68. The van der Waals surface area contributed by atoms with E-state index in [0.717, 1.165) is 23.4 Å². The molecule has 0 saturated carbocycles. The minimum atomic E-state index is 0.0526. The van der Waals surface area contributed by atoms with Crippen LogP contribution in [0.5, 0.6) is 0 Å². The standard InChI is InChI=1S/C21H25Cl2N5O/c1-12(2)9-10-24-19(29)8-7-16-13(3)25-21-26-20(27-28(21)14(16)4)17-6-5-15(22)11-18(17)23/h5-6,11-12H,7-10H2,1-4H3,(H,24,29). The highest BCUT2D eigenvalue weighted by molar-refractivity contribution is 6.36. The summed E-state index contributed by atoms with van der Waals surface area (Å²) in [5, 5.41) is 8.61. The van der Waals surface area contributed by atoms with Gasteiger partial charge in [-0.3, -0.25) is 4.79 Å². The molecule has 29 heavy (non-hydrogen) atoms. The molecule has 0 bridgehead atoms. The van der Waals surface area contributed by atoms with Crippen LogP contribution in [0.3, 0.4) is 0 Å². The van der Waals surface area contributed by atoms with Crippen molar-refractivity contribution in [3.05, 3.63) is 45.2 Å². The van der Waals surface area contributed by atoms with Crippen molar-refractivity contribution < 1.29 is 4.79 Å². The Morgan fingerprint density at radius 3 is 2.66 bits per heavy atom. The number of amides is 1. The molecule has 8 heteroatoms. The summed E-state index contributed by atoms with van der Waals surface area (Å²) < 4.78 is 1.71. The SMILES string of the molecule is Cc1nc2nc(-c3ccc(Cl)cc3Cl)nn2c(C)c1CCC(=O)NCCC(C)C. The number of carbonyl (C=O) groups excluding carboxylic acids is 1. The second-order valence-corrected chi connectivity index (χ2v) is 8.41. The molecule has 0 atom stereocenters. The van der Waals surface area contributed by atoms with Crippen LogP contribution in [0.2, 0.25) is 10.0 Å². The number of benzene rings is 1. The van der Waals surface area contributed by atoms with Gasteiger partial charge in [0.15, 0.2) is 5.82 Å². The molecule has 1 N–H and O–H groups in total. The van der Waals surface area contributed by atoms with Gasteiger partial charge in [0.05, 0.1) is 5.02 Å². The molecule has 0 radical (unpaired) electrons. The number of nitrogens with zero attached hydrogens (tertiary/aromatic N) is 4. The van der Waals surface area contributed by atoms with Crippen LogP contribution < -0.4 is 5.32 Å². The van der Waals surface area contributed by atoms with Crippen molar-refractivity contribution in [2.75, 3.05) is 6.54 Å². The summed E-state index contributed by atoms with van der Waals surface area (Å²) in [5.74, 6) is 1.62. The Bertz CT molecular complexity index is 1050. The number of fused-ring (bicyclic) bond motifs is 1. The van der Waals surface area contributed by atoms with Gasteiger partial charge in [-0.15, -0.1) is 5.10 Å². The smallest absolute Gasteiger partial charge is 0.253 e. The number of nitrogens with one attached hydrogen (secondary N) is 1. The number of aryl methyl sites for hydroxylation is 2. The van der Waals surface area contributed by atoms with Crippen molar-refractivity contribution in [2.45, 2.75) is 47.0 Å². The second-order valence-electron chi connectivity index (χ2n) is 7.57. The molecule has 3 rings (SSSR count). The van der Waals surface area contributed by atoms with Gasteiger partial charge in [-0.2, -0.15) is 4.98 Å². The Morgan fingerprint density at radius 1 is 1.21 bits per heavy atom. The predicted octanol–water partition coefficient (Wildman–Crippen LogP) is 4.81. The van der Waals surface area contributed by atoms with E-state index >= 15 is 0 Å². The highest BCUT2D eigenvalue weighted by Crippen LogP contribution is 2.29. The lowest BCUT2D eigenvalue weighted by atomic mass is 10.1. The third kappa shape index (κ3) is 5.06. The van der Waals surface area contributed by atoms with Gasteiger partial charge in [0, 0.05) is 34.9 Å². The maximum Gasteiger partial charge on any atom is 0.253 e. The van der Waals surface area contributed by atoms with E-state index in [4.69, 9.17) is 23.2 Å². The van der Waals surface area contributed by atoms with Crippen molar-refractivity contribution in [3.8, 4) is 11.4 Å². The first-order valence-corrected chi connectivity index (χ1v) is 10.5. The Morgan fingerprint density at radius 2 is 1.97 bits per heavy atom. The first-order chi connectivity index (χ1) is 13.8. The summed E-state index contributed by atoms with van der Waals surface area (Å²) >= 11 is 12.3. The number of hydrogen-bond donors (Lipinski definition) is 1. The van der Waals surface area contributed by atoms with Crippen molar-refractivity contribution >= 4 is 34.9 Å². The van der Waals surface area contributed by atoms with Crippen LogP contribution >= 0.6 is 23.2 Å². The van der Waals surface area contributed by atoms with Gasteiger partial charge in [-0.05, 0) is 56.4 Å². The molecule has 2 aromatic heterocycles. The van der Waals surface area contributed by atoms with E-state index in [-0.39, 0.29) is 5.91 Å². The monoisotopic (exact) mass is 433 g/mol. The highest BCUT2D eigenvalue weighted by atomic mass is 35.5.